The molecule has 0 amide bonds. The first-order valence-corrected chi connectivity index (χ1v) is 8.31. The Labute approximate surface area is 145 Å². The van der Waals surface area contributed by atoms with Crippen LogP contribution in [0.25, 0.3) is 28.1 Å². The summed E-state index contributed by atoms with van der Waals surface area (Å²) in [6.07, 6.45) is 2.58. The van der Waals surface area contributed by atoms with Gasteiger partial charge in [0.05, 0.1) is 6.20 Å². The molecule has 1 atom stereocenters. The third-order valence-corrected chi connectivity index (χ3v) is 4.37. The molecule has 0 aliphatic heterocycles. The summed E-state index contributed by atoms with van der Waals surface area (Å²) < 4.78 is 13.4. The Morgan fingerprint density at radius 2 is 2.08 bits per heavy atom. The SMILES string of the molecule is CCC(C)(N)COc1ccc2ncc(-c3cc4ccccc4o3)n2n1. The van der Waals surface area contributed by atoms with Crippen molar-refractivity contribution in [3.63, 3.8) is 0 Å². The number of nitrogens with zero attached hydrogens (tertiary/aromatic N) is 3. The standard InChI is InChI=1S/C19H20N4O2/c1-3-19(2,20)12-24-18-9-8-17-21-11-14(23(17)22-18)16-10-13-6-4-5-7-15(13)25-16/h4-11H,3,12,20H2,1-2H3. The highest BCUT2D eigenvalue weighted by Gasteiger charge is 2.18. The number of ether oxygens (including phenoxy) is 1. The Balaban J connectivity index is 1.71. The van der Waals surface area contributed by atoms with Crippen LogP contribution in [0.2, 0.25) is 0 Å². The highest BCUT2D eigenvalue weighted by Crippen LogP contribution is 2.28. The molecule has 3 aromatic heterocycles. The smallest absolute Gasteiger partial charge is 0.231 e. The molecule has 1 aromatic carbocycles. The maximum atomic E-state index is 6.13. The van der Waals surface area contributed by atoms with Crippen LogP contribution in [0.1, 0.15) is 20.3 Å². The summed E-state index contributed by atoms with van der Waals surface area (Å²) in [7, 11) is 0. The molecule has 2 N–H and O–H groups in total. The molecule has 0 saturated heterocycles. The molecule has 0 spiro atoms. The Hall–Kier alpha value is -2.86. The molecule has 4 aromatic rings. The van der Waals surface area contributed by atoms with E-state index in [4.69, 9.17) is 14.9 Å². The number of furan rings is 1. The van der Waals surface area contributed by atoms with Gasteiger partial charge in [-0.3, -0.25) is 0 Å². The van der Waals surface area contributed by atoms with Gasteiger partial charge in [0.25, 0.3) is 0 Å². The van der Waals surface area contributed by atoms with Crippen LogP contribution in [-0.4, -0.2) is 26.7 Å². The maximum Gasteiger partial charge on any atom is 0.231 e. The lowest BCUT2D eigenvalue weighted by Gasteiger charge is -2.22. The minimum absolute atomic E-state index is 0.382. The van der Waals surface area contributed by atoms with E-state index >= 15 is 0 Å². The second-order valence-electron chi connectivity index (χ2n) is 6.53. The lowest BCUT2D eigenvalue weighted by Crippen LogP contribution is -2.41. The lowest BCUT2D eigenvalue weighted by atomic mass is 10.0. The second-order valence-corrected chi connectivity index (χ2v) is 6.53. The maximum absolute atomic E-state index is 6.13. The van der Waals surface area contributed by atoms with E-state index in [1.807, 2.05) is 50.2 Å². The zero-order valence-corrected chi connectivity index (χ0v) is 14.3. The second kappa shape index (κ2) is 5.89. The largest absolute Gasteiger partial charge is 0.475 e. The van der Waals surface area contributed by atoms with E-state index in [2.05, 4.69) is 10.1 Å². The van der Waals surface area contributed by atoms with E-state index in [0.29, 0.717) is 12.5 Å². The summed E-state index contributed by atoms with van der Waals surface area (Å²) in [5, 5.41) is 5.58. The summed E-state index contributed by atoms with van der Waals surface area (Å²) in [5.41, 5.74) is 8.10. The van der Waals surface area contributed by atoms with Crippen molar-refractivity contribution in [2.24, 2.45) is 5.73 Å². The fraction of sp³-hybridized carbons (Fsp3) is 0.263. The molecular formula is C19H20N4O2. The number of para-hydroxylation sites is 1. The molecule has 0 radical (unpaired) electrons. The Morgan fingerprint density at radius 1 is 1.24 bits per heavy atom. The van der Waals surface area contributed by atoms with Gasteiger partial charge in [0.1, 0.15) is 17.9 Å². The molecule has 4 rings (SSSR count). The zero-order valence-electron chi connectivity index (χ0n) is 14.3. The summed E-state index contributed by atoms with van der Waals surface area (Å²) in [6, 6.07) is 13.5. The lowest BCUT2D eigenvalue weighted by molar-refractivity contribution is 0.216. The van der Waals surface area contributed by atoms with Gasteiger partial charge in [0.15, 0.2) is 11.4 Å². The van der Waals surface area contributed by atoms with Gasteiger partial charge in [-0.1, -0.05) is 25.1 Å². The minimum Gasteiger partial charge on any atom is -0.475 e. The monoisotopic (exact) mass is 336 g/mol. The van der Waals surface area contributed by atoms with E-state index in [-0.39, 0.29) is 5.54 Å². The van der Waals surface area contributed by atoms with E-state index in [1.165, 1.54) is 0 Å². The summed E-state index contributed by atoms with van der Waals surface area (Å²) in [4.78, 5) is 4.39. The van der Waals surface area contributed by atoms with Crippen molar-refractivity contribution in [3.8, 4) is 17.3 Å². The third kappa shape index (κ3) is 2.96. The molecule has 0 bridgehead atoms. The number of benzene rings is 1. The summed E-state index contributed by atoms with van der Waals surface area (Å²) in [6.45, 7) is 4.40. The van der Waals surface area contributed by atoms with Crippen molar-refractivity contribution < 1.29 is 9.15 Å². The molecule has 0 saturated carbocycles. The molecule has 128 valence electrons. The van der Waals surface area contributed by atoms with Gasteiger partial charge < -0.3 is 14.9 Å². The molecular weight excluding hydrogens is 316 g/mol. The average molecular weight is 336 g/mol. The summed E-state index contributed by atoms with van der Waals surface area (Å²) >= 11 is 0. The van der Waals surface area contributed by atoms with Crippen molar-refractivity contribution in [1.29, 1.82) is 0 Å². The van der Waals surface area contributed by atoms with Crippen molar-refractivity contribution in [1.82, 2.24) is 14.6 Å². The van der Waals surface area contributed by atoms with Crippen LogP contribution >= 0.6 is 0 Å². The number of hydrogen-bond acceptors (Lipinski definition) is 5. The molecule has 25 heavy (non-hydrogen) atoms. The first-order valence-electron chi connectivity index (χ1n) is 8.31. The molecule has 0 fully saturated rings. The molecule has 0 aliphatic carbocycles. The quantitative estimate of drug-likeness (QED) is 0.602. The summed E-state index contributed by atoms with van der Waals surface area (Å²) in [5.74, 6) is 1.23. The third-order valence-electron chi connectivity index (χ3n) is 4.37. The van der Waals surface area contributed by atoms with Gasteiger partial charge >= 0.3 is 0 Å². The van der Waals surface area contributed by atoms with Gasteiger partial charge in [0, 0.05) is 17.0 Å². The Kier molecular flexibility index (Phi) is 3.69. The van der Waals surface area contributed by atoms with Gasteiger partial charge in [0.2, 0.25) is 5.88 Å². The number of fused-ring (bicyclic) bond motifs is 2. The zero-order chi connectivity index (χ0) is 17.4. The molecule has 6 heteroatoms. The first-order chi connectivity index (χ1) is 12.1. The predicted octanol–water partition coefficient (Wildman–Crippen LogP) is 3.65. The van der Waals surface area contributed by atoms with Gasteiger partial charge in [-0.25, -0.2) is 9.50 Å². The van der Waals surface area contributed by atoms with Crippen LogP contribution in [0.15, 0.2) is 53.1 Å². The molecule has 0 aliphatic rings. The van der Waals surface area contributed by atoms with Crippen LogP contribution in [0.4, 0.5) is 0 Å². The van der Waals surface area contributed by atoms with Gasteiger partial charge in [-0.05, 0) is 31.5 Å². The van der Waals surface area contributed by atoms with Crippen LogP contribution in [0, 0.1) is 0 Å². The number of nitrogens with two attached hydrogens (primary N) is 1. The van der Waals surface area contributed by atoms with E-state index in [0.717, 1.165) is 34.5 Å². The van der Waals surface area contributed by atoms with Crippen molar-refractivity contribution >= 4 is 16.6 Å². The molecule has 6 nitrogen and oxygen atoms in total. The number of imidazole rings is 1. The highest BCUT2D eigenvalue weighted by atomic mass is 16.5. The average Bonchev–Trinajstić information content (AvgIpc) is 3.23. The normalized spacial score (nSPS) is 14.0. The predicted molar refractivity (Wildman–Crippen MR) is 96.6 cm³/mol. The van der Waals surface area contributed by atoms with E-state index in [1.54, 1.807) is 16.8 Å². The fourth-order valence-corrected chi connectivity index (χ4v) is 2.55. The van der Waals surface area contributed by atoms with Crippen molar-refractivity contribution in [2.45, 2.75) is 25.8 Å². The van der Waals surface area contributed by atoms with Crippen LogP contribution in [0.3, 0.4) is 0 Å². The number of rotatable bonds is 5. The van der Waals surface area contributed by atoms with Crippen LogP contribution in [-0.2, 0) is 0 Å². The van der Waals surface area contributed by atoms with Crippen LogP contribution in [0.5, 0.6) is 5.88 Å². The molecule has 3 heterocycles. The van der Waals surface area contributed by atoms with Gasteiger partial charge in [-0.2, -0.15) is 0 Å². The number of aromatic nitrogens is 3. The Bertz CT molecular complexity index is 999. The topological polar surface area (TPSA) is 78.6 Å². The van der Waals surface area contributed by atoms with Crippen LogP contribution < -0.4 is 10.5 Å². The minimum atomic E-state index is -0.382. The first kappa shape index (κ1) is 15.7. The Morgan fingerprint density at radius 3 is 2.88 bits per heavy atom. The number of hydrogen-bond donors (Lipinski definition) is 1. The van der Waals surface area contributed by atoms with E-state index < -0.39 is 0 Å². The van der Waals surface area contributed by atoms with E-state index in [9.17, 15) is 0 Å². The highest BCUT2D eigenvalue weighted by molar-refractivity contribution is 5.82. The fourth-order valence-electron chi connectivity index (χ4n) is 2.55. The van der Waals surface area contributed by atoms with Crippen molar-refractivity contribution in [2.75, 3.05) is 6.61 Å². The van der Waals surface area contributed by atoms with Crippen molar-refractivity contribution in [3.05, 3.63) is 48.7 Å². The van der Waals surface area contributed by atoms with Gasteiger partial charge in [-0.15, -0.1) is 5.10 Å². The molecule has 1 unspecified atom stereocenters.